The number of aromatic nitrogens is 2. The molecule has 2 N–H and O–H groups in total. The molecule has 0 spiro atoms. The Morgan fingerprint density at radius 1 is 1.38 bits per heavy atom. The van der Waals surface area contributed by atoms with Crippen LogP contribution in [-0.2, 0) is 10.5 Å². The zero-order chi connectivity index (χ0) is 17.7. The van der Waals surface area contributed by atoms with Crippen molar-refractivity contribution in [3.63, 3.8) is 0 Å². The van der Waals surface area contributed by atoms with Crippen molar-refractivity contribution in [1.82, 2.24) is 14.3 Å². The fraction of sp³-hybridized carbons (Fsp3) is 0.556. The maximum absolute atomic E-state index is 12.2. The van der Waals surface area contributed by atoms with Crippen LogP contribution in [0.1, 0.15) is 31.5 Å². The molecule has 24 heavy (non-hydrogen) atoms. The van der Waals surface area contributed by atoms with Gasteiger partial charge in [-0.3, -0.25) is 4.79 Å². The van der Waals surface area contributed by atoms with Crippen molar-refractivity contribution in [2.75, 3.05) is 19.3 Å². The van der Waals surface area contributed by atoms with Gasteiger partial charge in [-0.15, -0.1) is 11.8 Å². The molecule has 1 unspecified atom stereocenters. The zero-order valence-electron chi connectivity index (χ0n) is 15.0. The van der Waals surface area contributed by atoms with Crippen molar-refractivity contribution in [1.29, 1.82) is 0 Å². The van der Waals surface area contributed by atoms with Crippen molar-refractivity contribution >= 4 is 23.3 Å². The number of rotatable bonds is 8. The molecular formula is C18H28N4OS. The van der Waals surface area contributed by atoms with Crippen molar-refractivity contribution in [3.8, 4) is 0 Å². The predicted molar refractivity (Wildman–Crippen MR) is 101 cm³/mol. The topological polar surface area (TPSA) is 63.6 Å². The highest BCUT2D eigenvalue weighted by Gasteiger charge is 2.13. The van der Waals surface area contributed by atoms with Gasteiger partial charge in [-0.2, -0.15) is 0 Å². The Morgan fingerprint density at radius 3 is 2.83 bits per heavy atom. The summed E-state index contributed by atoms with van der Waals surface area (Å²) in [5.74, 6) is 1.81. The van der Waals surface area contributed by atoms with Crippen molar-refractivity contribution in [2.24, 2.45) is 11.7 Å². The van der Waals surface area contributed by atoms with E-state index >= 15 is 0 Å². The summed E-state index contributed by atoms with van der Waals surface area (Å²) < 4.78 is 2.03. The Labute approximate surface area is 148 Å². The number of carbonyl (C=O) groups is 1. The molecule has 2 heterocycles. The monoisotopic (exact) mass is 348 g/mol. The number of hydrogen-bond donors (Lipinski definition) is 1. The van der Waals surface area contributed by atoms with Gasteiger partial charge in [0.15, 0.2) is 0 Å². The van der Waals surface area contributed by atoms with Crippen LogP contribution in [0.2, 0.25) is 0 Å². The number of nitrogens with zero attached hydrogens (tertiary/aromatic N) is 3. The molecule has 2 rings (SSSR count). The predicted octanol–water partition coefficient (Wildman–Crippen LogP) is 2.71. The van der Waals surface area contributed by atoms with E-state index in [-0.39, 0.29) is 11.9 Å². The van der Waals surface area contributed by atoms with E-state index in [1.165, 1.54) is 5.56 Å². The number of nitrogens with two attached hydrogens (primary N) is 1. The van der Waals surface area contributed by atoms with E-state index in [1.54, 1.807) is 16.7 Å². The number of pyridine rings is 1. The van der Waals surface area contributed by atoms with Crippen LogP contribution in [0, 0.1) is 12.8 Å². The maximum atomic E-state index is 12.2. The minimum Gasteiger partial charge on any atom is -0.345 e. The number of thioether (sulfide) groups is 1. The highest BCUT2D eigenvalue weighted by Crippen LogP contribution is 2.14. The Hall–Kier alpha value is -1.53. The first-order valence-electron chi connectivity index (χ1n) is 8.38. The summed E-state index contributed by atoms with van der Waals surface area (Å²) in [7, 11) is 1.85. The molecule has 0 aliphatic carbocycles. The second kappa shape index (κ2) is 8.53. The quantitative estimate of drug-likeness (QED) is 0.797. The van der Waals surface area contributed by atoms with E-state index in [0.29, 0.717) is 18.2 Å². The number of aryl methyl sites for hydroxylation is 1. The normalized spacial score (nSPS) is 12.8. The molecule has 1 atom stereocenters. The van der Waals surface area contributed by atoms with Crippen LogP contribution in [0.4, 0.5) is 0 Å². The number of fused-ring (bicyclic) bond motifs is 1. The molecule has 0 aliphatic rings. The van der Waals surface area contributed by atoms with E-state index < -0.39 is 0 Å². The molecule has 2 aromatic rings. The third-order valence-electron chi connectivity index (χ3n) is 4.20. The first kappa shape index (κ1) is 18.8. The number of carbonyl (C=O) groups excluding carboxylic acids is 1. The van der Waals surface area contributed by atoms with Crippen molar-refractivity contribution in [3.05, 3.63) is 35.8 Å². The Bertz CT molecular complexity index is 683. The highest BCUT2D eigenvalue weighted by atomic mass is 32.2. The minimum atomic E-state index is 0.148. The Morgan fingerprint density at radius 2 is 2.12 bits per heavy atom. The average molecular weight is 349 g/mol. The van der Waals surface area contributed by atoms with Crippen LogP contribution in [0.15, 0.2) is 24.5 Å². The fourth-order valence-electron chi connectivity index (χ4n) is 2.38. The van der Waals surface area contributed by atoms with E-state index in [2.05, 4.69) is 38.0 Å². The lowest BCUT2D eigenvalue weighted by molar-refractivity contribution is -0.127. The molecule has 0 aromatic carbocycles. The summed E-state index contributed by atoms with van der Waals surface area (Å²) in [6.07, 6.45) is 4.94. The molecule has 1 amide bonds. The summed E-state index contributed by atoms with van der Waals surface area (Å²) in [6.45, 7) is 7.00. The molecular weight excluding hydrogens is 320 g/mol. The van der Waals surface area contributed by atoms with Crippen LogP contribution in [-0.4, -0.2) is 45.6 Å². The van der Waals surface area contributed by atoms with Gasteiger partial charge in [0.2, 0.25) is 5.91 Å². The number of hydrogen-bond acceptors (Lipinski definition) is 4. The van der Waals surface area contributed by atoms with Crippen LogP contribution in [0.3, 0.4) is 0 Å². The zero-order valence-corrected chi connectivity index (χ0v) is 15.8. The fourth-order valence-corrected chi connectivity index (χ4v) is 3.22. The van der Waals surface area contributed by atoms with Crippen LogP contribution in [0.5, 0.6) is 0 Å². The first-order valence-corrected chi connectivity index (χ1v) is 9.54. The molecule has 0 radical (unpaired) electrons. The minimum absolute atomic E-state index is 0.148. The number of imidazole rings is 1. The van der Waals surface area contributed by atoms with E-state index in [0.717, 1.165) is 23.5 Å². The van der Waals surface area contributed by atoms with Gasteiger partial charge in [0, 0.05) is 37.8 Å². The third-order valence-corrected chi connectivity index (χ3v) is 5.16. The van der Waals surface area contributed by atoms with Gasteiger partial charge in [-0.25, -0.2) is 4.98 Å². The van der Waals surface area contributed by atoms with Gasteiger partial charge in [0.05, 0.1) is 11.4 Å². The molecule has 132 valence electrons. The molecule has 0 bridgehead atoms. The van der Waals surface area contributed by atoms with Gasteiger partial charge in [-0.05, 0) is 30.9 Å². The standard InChI is InChI=1S/C18H28N4OS/c1-13(2)16(19)7-8-21(4)18(23)12-24-11-15-10-22-9-14(3)5-6-17(22)20-15/h5-6,9-10,13,16H,7-8,11-12,19H2,1-4H3. The molecule has 0 saturated carbocycles. The largest absolute Gasteiger partial charge is 0.345 e. The highest BCUT2D eigenvalue weighted by molar-refractivity contribution is 7.99. The SMILES string of the molecule is Cc1ccc2nc(CSCC(=O)N(C)CCC(N)C(C)C)cn2c1. The lowest BCUT2D eigenvalue weighted by Crippen LogP contribution is -2.35. The van der Waals surface area contributed by atoms with Crippen molar-refractivity contribution < 1.29 is 4.79 Å². The molecule has 5 nitrogen and oxygen atoms in total. The van der Waals surface area contributed by atoms with Gasteiger partial charge in [-0.1, -0.05) is 19.9 Å². The average Bonchev–Trinajstić information content (AvgIpc) is 2.93. The molecule has 6 heteroatoms. The van der Waals surface area contributed by atoms with E-state index in [1.807, 2.05) is 23.7 Å². The second-order valence-electron chi connectivity index (χ2n) is 6.71. The summed E-state index contributed by atoms with van der Waals surface area (Å²) in [5, 5.41) is 0. The van der Waals surface area contributed by atoms with Crippen LogP contribution >= 0.6 is 11.8 Å². The van der Waals surface area contributed by atoms with E-state index in [9.17, 15) is 4.79 Å². The van der Waals surface area contributed by atoms with Gasteiger partial charge >= 0.3 is 0 Å². The smallest absolute Gasteiger partial charge is 0.232 e. The van der Waals surface area contributed by atoms with Gasteiger partial charge < -0.3 is 15.0 Å². The third kappa shape index (κ3) is 5.24. The molecule has 0 fully saturated rings. The molecule has 0 aliphatic heterocycles. The van der Waals surface area contributed by atoms with Crippen LogP contribution < -0.4 is 5.73 Å². The number of amides is 1. The molecule has 2 aromatic heterocycles. The Balaban J connectivity index is 1.76. The van der Waals surface area contributed by atoms with Crippen molar-refractivity contribution in [2.45, 2.75) is 39.0 Å². The summed E-state index contributed by atoms with van der Waals surface area (Å²) in [6, 6.07) is 4.22. The van der Waals surface area contributed by atoms with Crippen LogP contribution in [0.25, 0.3) is 5.65 Å². The Kier molecular flexibility index (Phi) is 6.69. The maximum Gasteiger partial charge on any atom is 0.232 e. The first-order chi connectivity index (χ1) is 11.4. The molecule has 0 saturated heterocycles. The summed E-state index contributed by atoms with van der Waals surface area (Å²) in [5.41, 5.74) is 9.19. The second-order valence-corrected chi connectivity index (χ2v) is 7.69. The lowest BCUT2D eigenvalue weighted by atomic mass is 10.0. The van der Waals surface area contributed by atoms with Gasteiger partial charge in [0.25, 0.3) is 0 Å². The van der Waals surface area contributed by atoms with Gasteiger partial charge in [0.1, 0.15) is 5.65 Å². The summed E-state index contributed by atoms with van der Waals surface area (Å²) >= 11 is 1.60. The summed E-state index contributed by atoms with van der Waals surface area (Å²) in [4.78, 5) is 18.5. The van der Waals surface area contributed by atoms with E-state index in [4.69, 9.17) is 5.73 Å². The lowest BCUT2D eigenvalue weighted by Gasteiger charge is -2.21.